The summed E-state index contributed by atoms with van der Waals surface area (Å²) in [5.74, 6) is 0.770. The molecule has 0 saturated heterocycles. The van der Waals surface area contributed by atoms with Crippen molar-refractivity contribution in [3.8, 4) is 45.3 Å². The number of benzene rings is 9. The fraction of sp³-hybridized carbons (Fsp3) is 0. The molecular weight excluding hydrogens is 709 g/mol. The Morgan fingerprint density at radius 2 is 1.00 bits per heavy atom. The highest BCUT2D eigenvalue weighted by Crippen LogP contribution is 2.46. The van der Waals surface area contributed by atoms with Gasteiger partial charge >= 0.3 is 0 Å². The summed E-state index contributed by atoms with van der Waals surface area (Å²) in [6.45, 7) is 0. The van der Waals surface area contributed by atoms with Crippen LogP contribution >= 0.6 is 0 Å². The summed E-state index contributed by atoms with van der Waals surface area (Å²) in [5.41, 5.74) is 5.03. The number of aromatic nitrogens is 3. The zero-order chi connectivity index (χ0) is 43.6. The van der Waals surface area contributed by atoms with E-state index in [1.165, 1.54) is 0 Å². The molecule has 0 aliphatic heterocycles. The molecule has 0 amide bonds. The maximum atomic E-state index is 10.2. The number of rotatable bonds is 7. The normalized spacial score (nSPS) is 12.9. The Morgan fingerprint density at radius 1 is 0.414 bits per heavy atom. The van der Waals surface area contributed by atoms with Gasteiger partial charge in [-0.15, -0.1) is 0 Å². The number of anilines is 3. The Morgan fingerprint density at radius 3 is 1.74 bits per heavy atom. The first-order valence-electron chi connectivity index (χ1n) is 22.0. The van der Waals surface area contributed by atoms with Crippen LogP contribution in [-0.4, -0.2) is 15.0 Å². The smallest absolute Gasteiger partial charge is 0.164 e. The van der Waals surface area contributed by atoms with Gasteiger partial charge < -0.3 is 9.32 Å². The van der Waals surface area contributed by atoms with Crippen LogP contribution in [-0.2, 0) is 0 Å². The third-order valence-corrected chi connectivity index (χ3v) is 10.4. The highest BCUT2D eigenvalue weighted by molar-refractivity contribution is 6.15. The first-order chi connectivity index (χ1) is 31.3. The quantitative estimate of drug-likeness (QED) is 0.162. The molecule has 0 bridgehead atoms. The Balaban J connectivity index is 1.24. The van der Waals surface area contributed by atoms with Crippen LogP contribution in [0.1, 0.15) is 8.22 Å². The van der Waals surface area contributed by atoms with Gasteiger partial charge in [0.2, 0.25) is 0 Å². The molecule has 9 aromatic carbocycles. The van der Waals surface area contributed by atoms with Crippen molar-refractivity contribution in [3.05, 3.63) is 206 Å². The molecule has 5 heteroatoms. The SMILES string of the molecule is [2H]c1c([2H])c([2H])c2c(oc3c([2H])c(-c4ccc(N(c5ccccc5)c5cccc6ccccc56)c5ccccc45)c([2H])c(-c4nc(-c5ccccc5)nc(-c5ccccc5)n4)c32)c1[2H]. The maximum absolute atomic E-state index is 10.2. The molecule has 11 rings (SSSR count). The van der Waals surface area contributed by atoms with Crippen LogP contribution in [0.4, 0.5) is 17.1 Å². The number of nitrogens with zero attached hydrogens (tertiary/aromatic N) is 4. The monoisotopic (exact) mass is 748 g/mol. The molecule has 5 nitrogen and oxygen atoms in total. The second-order valence-electron chi connectivity index (χ2n) is 13.9. The first kappa shape index (κ1) is 27.7. The minimum atomic E-state index is -0.468. The van der Waals surface area contributed by atoms with E-state index in [2.05, 4.69) is 47.4 Å². The van der Waals surface area contributed by atoms with Gasteiger partial charge in [0.05, 0.1) is 19.6 Å². The van der Waals surface area contributed by atoms with Gasteiger partial charge in [-0.1, -0.05) is 164 Å². The summed E-state index contributed by atoms with van der Waals surface area (Å²) < 4.78 is 61.7. The average Bonchev–Trinajstić information content (AvgIpc) is 3.75. The third-order valence-electron chi connectivity index (χ3n) is 10.4. The summed E-state index contributed by atoms with van der Waals surface area (Å²) in [7, 11) is 0. The predicted molar refractivity (Wildman–Crippen MR) is 239 cm³/mol. The summed E-state index contributed by atoms with van der Waals surface area (Å²) in [5, 5.41) is 3.98. The van der Waals surface area contributed by atoms with Crippen LogP contribution in [0.3, 0.4) is 0 Å². The molecule has 0 fully saturated rings. The van der Waals surface area contributed by atoms with E-state index in [1.807, 2.05) is 127 Å². The molecule has 11 aromatic rings. The van der Waals surface area contributed by atoms with Crippen LogP contribution in [0, 0.1) is 0 Å². The Bertz CT molecular complexity index is 3580. The molecule has 0 spiro atoms. The van der Waals surface area contributed by atoms with Crippen LogP contribution in [0.2, 0.25) is 0 Å². The van der Waals surface area contributed by atoms with Crippen LogP contribution < -0.4 is 4.90 Å². The van der Waals surface area contributed by atoms with E-state index in [9.17, 15) is 2.74 Å². The third kappa shape index (κ3) is 5.76. The minimum Gasteiger partial charge on any atom is -0.456 e. The van der Waals surface area contributed by atoms with Crippen molar-refractivity contribution in [1.29, 1.82) is 0 Å². The lowest BCUT2D eigenvalue weighted by molar-refractivity contribution is 0.669. The zero-order valence-electron chi connectivity index (χ0n) is 36.9. The lowest BCUT2D eigenvalue weighted by Crippen LogP contribution is -2.11. The fourth-order valence-corrected chi connectivity index (χ4v) is 7.79. The van der Waals surface area contributed by atoms with E-state index < -0.39 is 12.1 Å². The van der Waals surface area contributed by atoms with Gasteiger partial charge in [-0.2, -0.15) is 0 Å². The van der Waals surface area contributed by atoms with E-state index in [4.69, 9.17) is 24.9 Å². The molecule has 0 atom stereocenters. The van der Waals surface area contributed by atoms with Gasteiger partial charge in [0.25, 0.3) is 0 Å². The average molecular weight is 749 g/mol. The lowest BCUT2D eigenvalue weighted by Gasteiger charge is -2.28. The van der Waals surface area contributed by atoms with Crippen LogP contribution in [0.25, 0.3) is 88.8 Å². The zero-order valence-corrected chi connectivity index (χ0v) is 30.9. The lowest BCUT2D eigenvalue weighted by atomic mass is 9.93. The second-order valence-corrected chi connectivity index (χ2v) is 13.9. The summed E-state index contributed by atoms with van der Waals surface area (Å²) in [6, 6.07) is 53.5. The Labute approximate surface area is 343 Å². The molecule has 2 heterocycles. The standard InChI is InChI=1S/C53H34N4O/c1-4-18-36(19-5-1)51-54-52(37-20-6-2-7-21-37)56-53(55-51)45-33-38(34-49-50(45)44-28-14-15-30-48(44)58-49)40-31-32-47(43-27-13-12-26-42(40)43)57(39-23-8-3-9-24-39)46-29-16-22-35-17-10-11-25-41(35)46/h1-34H/i14D,15D,28D,30D,33D,34D. The van der Waals surface area contributed by atoms with Gasteiger partial charge in [-0.25, -0.2) is 15.0 Å². The van der Waals surface area contributed by atoms with Crippen molar-refractivity contribution in [2.45, 2.75) is 0 Å². The minimum absolute atomic E-state index is 0.0132. The van der Waals surface area contributed by atoms with Crippen LogP contribution in [0.5, 0.6) is 0 Å². The van der Waals surface area contributed by atoms with E-state index in [1.54, 1.807) is 0 Å². The molecule has 0 aliphatic rings. The molecule has 58 heavy (non-hydrogen) atoms. The Hall–Kier alpha value is -7.89. The summed E-state index contributed by atoms with van der Waals surface area (Å²) in [4.78, 5) is 17.1. The van der Waals surface area contributed by atoms with Gasteiger partial charge in [-0.3, -0.25) is 0 Å². The van der Waals surface area contributed by atoms with E-state index in [0.717, 1.165) is 38.6 Å². The van der Waals surface area contributed by atoms with Gasteiger partial charge in [-0.05, 0) is 64.3 Å². The largest absolute Gasteiger partial charge is 0.456 e. The second kappa shape index (κ2) is 14.0. The molecule has 0 N–H and O–H groups in total. The Kier molecular flexibility index (Phi) is 6.67. The maximum Gasteiger partial charge on any atom is 0.164 e. The number of furan rings is 1. The van der Waals surface area contributed by atoms with Crippen molar-refractivity contribution in [1.82, 2.24) is 15.0 Å². The van der Waals surface area contributed by atoms with Crippen LogP contribution in [0.15, 0.2) is 211 Å². The van der Waals surface area contributed by atoms with Crippen molar-refractivity contribution < 1.29 is 12.6 Å². The van der Waals surface area contributed by atoms with E-state index in [0.29, 0.717) is 28.3 Å². The van der Waals surface area contributed by atoms with Gasteiger partial charge in [0, 0.05) is 43.9 Å². The molecular formula is C53H34N4O. The summed E-state index contributed by atoms with van der Waals surface area (Å²) >= 11 is 0. The highest BCUT2D eigenvalue weighted by Gasteiger charge is 2.22. The van der Waals surface area contributed by atoms with Crippen molar-refractivity contribution >= 4 is 60.5 Å². The molecule has 2 aromatic heterocycles. The fourth-order valence-electron chi connectivity index (χ4n) is 7.79. The molecule has 0 aliphatic carbocycles. The molecule has 272 valence electrons. The summed E-state index contributed by atoms with van der Waals surface area (Å²) in [6.07, 6.45) is 0. The number of fused-ring (bicyclic) bond motifs is 5. The van der Waals surface area contributed by atoms with Gasteiger partial charge in [0.1, 0.15) is 11.2 Å². The highest BCUT2D eigenvalue weighted by atomic mass is 16.3. The van der Waals surface area contributed by atoms with Gasteiger partial charge in [0.15, 0.2) is 17.5 Å². The van der Waals surface area contributed by atoms with Crippen molar-refractivity contribution in [2.75, 3.05) is 4.90 Å². The topological polar surface area (TPSA) is 55.1 Å². The van der Waals surface area contributed by atoms with E-state index >= 15 is 0 Å². The number of hydrogen-bond acceptors (Lipinski definition) is 5. The molecule has 0 saturated carbocycles. The molecule has 0 radical (unpaired) electrons. The van der Waals surface area contributed by atoms with Crippen molar-refractivity contribution in [3.63, 3.8) is 0 Å². The van der Waals surface area contributed by atoms with Crippen molar-refractivity contribution in [2.24, 2.45) is 0 Å². The van der Waals surface area contributed by atoms with E-state index in [-0.39, 0.29) is 63.1 Å². The first-order valence-corrected chi connectivity index (χ1v) is 19.0. The predicted octanol–water partition coefficient (Wildman–Crippen LogP) is 14.2. The number of hydrogen-bond donors (Lipinski definition) is 0. The number of para-hydroxylation sites is 2. The molecule has 0 unspecified atom stereocenters.